The summed E-state index contributed by atoms with van der Waals surface area (Å²) in [5.74, 6) is -0.0271. The standard InChI is InChI=1S/C9H16ClNO2/c1-2-8(10)9(13)11-5-3-4-7(11)6-12/h7-8,12H,2-6H2,1H3. The quantitative estimate of drug-likeness (QED) is 0.699. The summed E-state index contributed by atoms with van der Waals surface area (Å²) in [5, 5.41) is 8.58. The van der Waals surface area contributed by atoms with Crippen LogP contribution in [0.5, 0.6) is 0 Å². The van der Waals surface area contributed by atoms with E-state index in [4.69, 9.17) is 16.7 Å². The van der Waals surface area contributed by atoms with Gasteiger partial charge in [0.25, 0.3) is 0 Å². The number of likely N-dealkylation sites (tertiary alicyclic amines) is 1. The molecule has 1 heterocycles. The van der Waals surface area contributed by atoms with Crippen molar-refractivity contribution < 1.29 is 9.90 Å². The summed E-state index contributed by atoms with van der Waals surface area (Å²) < 4.78 is 0. The number of carbonyl (C=O) groups excluding carboxylic acids is 1. The highest BCUT2D eigenvalue weighted by molar-refractivity contribution is 6.30. The summed E-state index contributed by atoms with van der Waals surface area (Å²) in [6.07, 6.45) is 2.52. The number of nitrogens with zero attached hydrogens (tertiary/aromatic N) is 1. The molecule has 1 saturated heterocycles. The molecule has 0 aromatic carbocycles. The molecular weight excluding hydrogens is 190 g/mol. The molecule has 0 aromatic heterocycles. The molecule has 13 heavy (non-hydrogen) atoms. The van der Waals surface area contributed by atoms with Crippen molar-refractivity contribution in [3.8, 4) is 0 Å². The van der Waals surface area contributed by atoms with E-state index in [1.807, 2.05) is 6.92 Å². The van der Waals surface area contributed by atoms with Crippen molar-refractivity contribution in [3.05, 3.63) is 0 Å². The Labute approximate surface area is 83.7 Å². The fraction of sp³-hybridized carbons (Fsp3) is 0.889. The first-order valence-corrected chi connectivity index (χ1v) is 5.19. The summed E-state index contributed by atoms with van der Waals surface area (Å²) in [6, 6.07) is 0.000278. The smallest absolute Gasteiger partial charge is 0.240 e. The molecule has 1 aliphatic rings. The highest BCUT2D eigenvalue weighted by atomic mass is 35.5. The fourth-order valence-corrected chi connectivity index (χ4v) is 1.80. The molecule has 76 valence electrons. The van der Waals surface area contributed by atoms with E-state index in [9.17, 15) is 4.79 Å². The van der Waals surface area contributed by atoms with Gasteiger partial charge in [0.1, 0.15) is 5.38 Å². The summed E-state index contributed by atoms with van der Waals surface area (Å²) in [6.45, 7) is 2.69. The van der Waals surface area contributed by atoms with E-state index in [0.717, 1.165) is 19.4 Å². The first-order valence-electron chi connectivity index (χ1n) is 4.76. The van der Waals surface area contributed by atoms with Crippen LogP contribution in [-0.2, 0) is 4.79 Å². The molecule has 0 spiro atoms. The molecular formula is C9H16ClNO2. The third-order valence-electron chi connectivity index (χ3n) is 2.50. The molecule has 0 aliphatic carbocycles. The molecule has 2 atom stereocenters. The Morgan fingerprint density at radius 1 is 1.77 bits per heavy atom. The largest absolute Gasteiger partial charge is 0.394 e. The number of amides is 1. The molecule has 1 rings (SSSR count). The molecule has 0 saturated carbocycles. The third kappa shape index (κ3) is 2.35. The minimum Gasteiger partial charge on any atom is -0.394 e. The maximum atomic E-state index is 11.6. The minimum atomic E-state index is -0.424. The first-order chi connectivity index (χ1) is 6.20. The van der Waals surface area contributed by atoms with Gasteiger partial charge in [-0.25, -0.2) is 0 Å². The van der Waals surface area contributed by atoms with Crippen molar-refractivity contribution in [1.29, 1.82) is 0 Å². The molecule has 3 nitrogen and oxygen atoms in total. The molecule has 4 heteroatoms. The molecule has 0 bridgehead atoms. The van der Waals surface area contributed by atoms with Gasteiger partial charge < -0.3 is 10.0 Å². The van der Waals surface area contributed by atoms with Crippen LogP contribution in [0.25, 0.3) is 0 Å². The first kappa shape index (κ1) is 10.8. The van der Waals surface area contributed by atoms with Crippen LogP contribution < -0.4 is 0 Å². The van der Waals surface area contributed by atoms with E-state index in [0.29, 0.717) is 6.42 Å². The number of aliphatic hydroxyl groups excluding tert-OH is 1. The van der Waals surface area contributed by atoms with Gasteiger partial charge >= 0.3 is 0 Å². The highest BCUT2D eigenvalue weighted by Crippen LogP contribution is 2.19. The topological polar surface area (TPSA) is 40.5 Å². The molecule has 0 radical (unpaired) electrons. The van der Waals surface area contributed by atoms with Gasteiger partial charge in [0, 0.05) is 6.54 Å². The third-order valence-corrected chi connectivity index (χ3v) is 2.99. The van der Waals surface area contributed by atoms with Crippen LogP contribution in [-0.4, -0.2) is 40.5 Å². The monoisotopic (exact) mass is 205 g/mol. The summed E-state index contributed by atoms with van der Waals surface area (Å²) >= 11 is 5.85. The predicted molar refractivity (Wildman–Crippen MR) is 51.8 cm³/mol. The van der Waals surface area contributed by atoms with Crippen molar-refractivity contribution in [3.63, 3.8) is 0 Å². The van der Waals surface area contributed by atoms with Crippen LogP contribution in [0, 0.1) is 0 Å². The number of halogens is 1. The lowest BCUT2D eigenvalue weighted by Crippen LogP contribution is -2.41. The van der Waals surface area contributed by atoms with Gasteiger partial charge in [0.05, 0.1) is 12.6 Å². The van der Waals surface area contributed by atoms with E-state index in [2.05, 4.69) is 0 Å². The Bertz CT molecular complexity index is 186. The molecule has 0 aromatic rings. The van der Waals surface area contributed by atoms with Crippen LogP contribution >= 0.6 is 11.6 Å². The van der Waals surface area contributed by atoms with Crippen molar-refractivity contribution in [2.75, 3.05) is 13.2 Å². The van der Waals surface area contributed by atoms with Crippen LogP contribution in [0.4, 0.5) is 0 Å². The normalized spacial score (nSPS) is 24.8. The molecule has 1 amide bonds. The van der Waals surface area contributed by atoms with E-state index < -0.39 is 5.38 Å². The number of hydrogen-bond donors (Lipinski definition) is 1. The van der Waals surface area contributed by atoms with Gasteiger partial charge in [-0.1, -0.05) is 6.92 Å². The van der Waals surface area contributed by atoms with Crippen LogP contribution in [0.15, 0.2) is 0 Å². The van der Waals surface area contributed by atoms with Gasteiger partial charge in [0.2, 0.25) is 5.91 Å². The lowest BCUT2D eigenvalue weighted by atomic mass is 10.2. The zero-order chi connectivity index (χ0) is 9.84. The Morgan fingerprint density at radius 2 is 2.46 bits per heavy atom. The van der Waals surface area contributed by atoms with E-state index in [1.165, 1.54) is 0 Å². The average Bonchev–Trinajstić information content (AvgIpc) is 2.62. The highest BCUT2D eigenvalue weighted by Gasteiger charge is 2.30. The van der Waals surface area contributed by atoms with E-state index >= 15 is 0 Å². The maximum absolute atomic E-state index is 11.6. The number of aliphatic hydroxyl groups is 1. The Balaban J connectivity index is 2.54. The maximum Gasteiger partial charge on any atom is 0.240 e. The predicted octanol–water partition coefficient (Wildman–Crippen LogP) is 0.987. The molecule has 1 N–H and O–H groups in total. The van der Waals surface area contributed by atoms with Crippen molar-refractivity contribution in [1.82, 2.24) is 4.90 Å². The van der Waals surface area contributed by atoms with Gasteiger partial charge in [0.15, 0.2) is 0 Å². The van der Waals surface area contributed by atoms with Gasteiger partial charge in [-0.15, -0.1) is 11.6 Å². The molecule has 1 aliphatic heterocycles. The van der Waals surface area contributed by atoms with Crippen LogP contribution in [0.1, 0.15) is 26.2 Å². The van der Waals surface area contributed by atoms with Gasteiger partial charge in [-0.05, 0) is 19.3 Å². The van der Waals surface area contributed by atoms with Gasteiger partial charge in [-0.3, -0.25) is 4.79 Å². The number of rotatable bonds is 3. The summed E-state index contributed by atoms with van der Waals surface area (Å²) in [7, 11) is 0. The Kier molecular flexibility index (Phi) is 4.00. The van der Waals surface area contributed by atoms with Gasteiger partial charge in [-0.2, -0.15) is 0 Å². The summed E-state index contributed by atoms with van der Waals surface area (Å²) in [4.78, 5) is 13.3. The van der Waals surface area contributed by atoms with Crippen LogP contribution in [0.2, 0.25) is 0 Å². The zero-order valence-corrected chi connectivity index (χ0v) is 8.63. The van der Waals surface area contributed by atoms with E-state index in [1.54, 1.807) is 4.90 Å². The molecule has 1 fully saturated rings. The van der Waals surface area contributed by atoms with Crippen LogP contribution in [0.3, 0.4) is 0 Å². The lowest BCUT2D eigenvalue weighted by molar-refractivity contribution is -0.132. The fourth-order valence-electron chi connectivity index (χ4n) is 1.67. The SMILES string of the molecule is CCC(Cl)C(=O)N1CCCC1CO. The number of alkyl halides is 1. The summed E-state index contributed by atoms with van der Waals surface area (Å²) in [5.41, 5.74) is 0. The van der Waals surface area contributed by atoms with Crippen molar-refractivity contribution >= 4 is 17.5 Å². The minimum absolute atomic E-state index is 0.000278. The second-order valence-corrected chi connectivity index (χ2v) is 3.91. The lowest BCUT2D eigenvalue weighted by Gasteiger charge is -2.24. The molecule has 2 unspecified atom stereocenters. The number of carbonyl (C=O) groups is 1. The average molecular weight is 206 g/mol. The van der Waals surface area contributed by atoms with Crippen molar-refractivity contribution in [2.45, 2.75) is 37.6 Å². The number of hydrogen-bond acceptors (Lipinski definition) is 2. The van der Waals surface area contributed by atoms with Crippen molar-refractivity contribution in [2.24, 2.45) is 0 Å². The second-order valence-electron chi connectivity index (χ2n) is 3.39. The second kappa shape index (κ2) is 4.82. The Morgan fingerprint density at radius 3 is 3.00 bits per heavy atom. The van der Waals surface area contributed by atoms with E-state index in [-0.39, 0.29) is 18.6 Å². The Hall–Kier alpha value is -0.280. The zero-order valence-electron chi connectivity index (χ0n) is 7.87.